The molecule has 0 bridgehead atoms. The molecule has 0 atom stereocenters. The quantitative estimate of drug-likeness (QED) is 0.573. The van der Waals surface area contributed by atoms with Crippen LogP contribution >= 0.6 is 23.2 Å². The first-order chi connectivity index (χ1) is 13.7. The summed E-state index contributed by atoms with van der Waals surface area (Å²) in [6, 6.07) is 12.1. The van der Waals surface area contributed by atoms with Crippen LogP contribution in [0.25, 0.3) is 0 Å². The number of benzene rings is 2. The molecule has 9 heteroatoms. The first-order valence-corrected chi connectivity index (χ1v) is 11.0. The van der Waals surface area contributed by atoms with E-state index in [1.54, 1.807) is 30.3 Å². The number of carbonyl (C=O) groups excluding carboxylic acids is 1. The second-order valence-corrected chi connectivity index (χ2v) is 9.15. The average Bonchev–Trinajstić information content (AvgIpc) is 2.66. The summed E-state index contributed by atoms with van der Waals surface area (Å²) in [5, 5.41) is 2.58. The molecule has 0 spiro atoms. The summed E-state index contributed by atoms with van der Waals surface area (Å²) in [5.74, 6) is -0.944. The maximum atomic E-state index is 12.8. The van der Waals surface area contributed by atoms with Gasteiger partial charge in [-0.3, -0.25) is 4.79 Å². The summed E-state index contributed by atoms with van der Waals surface area (Å²) in [6.45, 7) is 3.65. The van der Waals surface area contributed by atoms with Crippen LogP contribution in [0.3, 0.4) is 0 Å². The summed E-state index contributed by atoms with van der Waals surface area (Å²) < 4.78 is 25.5. The van der Waals surface area contributed by atoms with Crippen LogP contribution in [-0.2, 0) is 15.6 Å². The lowest BCUT2D eigenvalue weighted by atomic mass is 10.1. The van der Waals surface area contributed by atoms with Gasteiger partial charge in [0.15, 0.2) is 5.69 Å². The molecule has 29 heavy (non-hydrogen) atoms. The standard InChI is InChI=1S/C20H17Cl2N3O3S/c1-12-5-3-4-6-14(12)11-29(27,28)20-23-10-17(22)18(25-20)19(26)24-15-8-7-13(2)16(21)9-15/h3-10H,11H2,1-2H3,(H,24,26). The predicted octanol–water partition coefficient (Wildman–Crippen LogP) is 4.63. The van der Waals surface area contributed by atoms with Gasteiger partial charge in [0.05, 0.1) is 17.0 Å². The molecule has 150 valence electrons. The SMILES string of the molecule is Cc1ccc(NC(=O)c2nc(S(=O)(=O)Cc3ccccc3C)ncc2Cl)cc1Cl. The van der Waals surface area contributed by atoms with Crippen LogP contribution in [-0.4, -0.2) is 24.3 Å². The topological polar surface area (TPSA) is 89.0 Å². The lowest BCUT2D eigenvalue weighted by Gasteiger charge is -2.10. The fourth-order valence-electron chi connectivity index (χ4n) is 2.56. The van der Waals surface area contributed by atoms with Gasteiger partial charge in [-0.05, 0) is 42.7 Å². The number of anilines is 1. The van der Waals surface area contributed by atoms with Gasteiger partial charge in [0.2, 0.25) is 15.0 Å². The molecule has 6 nitrogen and oxygen atoms in total. The minimum atomic E-state index is -3.88. The van der Waals surface area contributed by atoms with Crippen molar-refractivity contribution in [1.82, 2.24) is 9.97 Å². The van der Waals surface area contributed by atoms with Crippen molar-refractivity contribution in [2.24, 2.45) is 0 Å². The van der Waals surface area contributed by atoms with Crippen LogP contribution in [0.2, 0.25) is 10.0 Å². The molecule has 0 aliphatic carbocycles. The van der Waals surface area contributed by atoms with E-state index in [1.807, 2.05) is 26.0 Å². The van der Waals surface area contributed by atoms with Crippen molar-refractivity contribution in [2.45, 2.75) is 24.8 Å². The van der Waals surface area contributed by atoms with Crippen molar-refractivity contribution < 1.29 is 13.2 Å². The van der Waals surface area contributed by atoms with E-state index in [-0.39, 0.29) is 16.5 Å². The number of hydrogen-bond donors (Lipinski definition) is 1. The first-order valence-electron chi connectivity index (χ1n) is 8.54. The molecule has 0 saturated carbocycles. The van der Waals surface area contributed by atoms with E-state index < -0.39 is 20.9 Å². The lowest BCUT2D eigenvalue weighted by molar-refractivity contribution is 0.102. The molecule has 2 aromatic carbocycles. The zero-order chi connectivity index (χ0) is 21.2. The fourth-order valence-corrected chi connectivity index (χ4v) is 4.23. The number of aryl methyl sites for hydroxylation is 2. The van der Waals surface area contributed by atoms with Gasteiger partial charge in [-0.1, -0.05) is 53.5 Å². The van der Waals surface area contributed by atoms with Gasteiger partial charge in [0.1, 0.15) is 0 Å². The van der Waals surface area contributed by atoms with E-state index in [2.05, 4.69) is 15.3 Å². The average molecular weight is 450 g/mol. The molecule has 3 aromatic rings. The van der Waals surface area contributed by atoms with Crippen molar-refractivity contribution in [2.75, 3.05) is 5.32 Å². The Labute approximate surface area is 178 Å². The predicted molar refractivity (Wildman–Crippen MR) is 113 cm³/mol. The molecule has 1 N–H and O–H groups in total. The van der Waals surface area contributed by atoms with Crippen molar-refractivity contribution in [1.29, 1.82) is 0 Å². The maximum absolute atomic E-state index is 12.8. The number of rotatable bonds is 5. The summed E-state index contributed by atoms with van der Waals surface area (Å²) in [7, 11) is -3.88. The van der Waals surface area contributed by atoms with Crippen molar-refractivity contribution in [3.8, 4) is 0 Å². The minimum absolute atomic E-state index is 0.0597. The summed E-state index contributed by atoms with van der Waals surface area (Å²) >= 11 is 12.1. The third kappa shape index (κ3) is 4.93. The van der Waals surface area contributed by atoms with Gasteiger partial charge in [-0.2, -0.15) is 0 Å². The number of hydrogen-bond acceptors (Lipinski definition) is 5. The highest BCUT2D eigenvalue weighted by molar-refractivity contribution is 7.90. The van der Waals surface area contributed by atoms with E-state index in [0.717, 1.165) is 17.3 Å². The Bertz CT molecular complexity index is 1200. The van der Waals surface area contributed by atoms with Gasteiger partial charge in [-0.15, -0.1) is 0 Å². The number of nitrogens with zero attached hydrogens (tertiary/aromatic N) is 2. The van der Waals surface area contributed by atoms with Gasteiger partial charge in [0, 0.05) is 10.7 Å². The first kappa shape index (κ1) is 21.2. The van der Waals surface area contributed by atoms with Gasteiger partial charge in [0.25, 0.3) is 5.91 Å². The molecule has 0 saturated heterocycles. The second-order valence-electron chi connectivity index (χ2n) is 6.45. The molecule has 0 aliphatic heterocycles. The monoisotopic (exact) mass is 449 g/mol. The number of aromatic nitrogens is 2. The zero-order valence-electron chi connectivity index (χ0n) is 15.6. The Balaban J connectivity index is 1.89. The number of halogens is 2. The van der Waals surface area contributed by atoms with Gasteiger partial charge >= 0.3 is 0 Å². The van der Waals surface area contributed by atoms with Gasteiger partial charge < -0.3 is 5.32 Å². The number of carbonyl (C=O) groups is 1. The zero-order valence-corrected chi connectivity index (χ0v) is 17.9. The highest BCUT2D eigenvalue weighted by atomic mass is 35.5. The summed E-state index contributed by atoms with van der Waals surface area (Å²) in [6.07, 6.45) is 1.11. The number of amides is 1. The third-order valence-electron chi connectivity index (χ3n) is 4.25. The minimum Gasteiger partial charge on any atom is -0.321 e. The Morgan fingerprint density at radius 2 is 1.76 bits per heavy atom. The smallest absolute Gasteiger partial charge is 0.275 e. The van der Waals surface area contributed by atoms with Crippen LogP contribution < -0.4 is 5.32 Å². The molecule has 3 rings (SSSR count). The molecule has 1 amide bonds. The molecule has 0 fully saturated rings. The van der Waals surface area contributed by atoms with Gasteiger partial charge in [-0.25, -0.2) is 18.4 Å². The van der Waals surface area contributed by atoms with Crippen LogP contribution in [0.5, 0.6) is 0 Å². The summed E-state index contributed by atoms with van der Waals surface area (Å²) in [5.41, 5.74) is 2.52. The highest BCUT2D eigenvalue weighted by Crippen LogP contribution is 2.23. The highest BCUT2D eigenvalue weighted by Gasteiger charge is 2.23. The van der Waals surface area contributed by atoms with Crippen LogP contribution in [0.4, 0.5) is 5.69 Å². The molecule has 1 aromatic heterocycles. The lowest BCUT2D eigenvalue weighted by Crippen LogP contribution is -2.18. The maximum Gasteiger partial charge on any atom is 0.275 e. The Morgan fingerprint density at radius 3 is 2.45 bits per heavy atom. The van der Waals surface area contributed by atoms with E-state index in [4.69, 9.17) is 23.2 Å². The normalized spacial score (nSPS) is 11.3. The molecule has 0 radical (unpaired) electrons. The van der Waals surface area contributed by atoms with Crippen molar-refractivity contribution >= 4 is 44.6 Å². The van der Waals surface area contributed by atoms with Crippen LogP contribution in [0, 0.1) is 13.8 Å². The fraction of sp³-hybridized carbons (Fsp3) is 0.150. The van der Waals surface area contributed by atoms with Crippen molar-refractivity contribution in [3.63, 3.8) is 0 Å². The Morgan fingerprint density at radius 1 is 1.03 bits per heavy atom. The molecule has 0 unspecified atom stereocenters. The number of sulfone groups is 1. The molecular weight excluding hydrogens is 433 g/mol. The Hall–Kier alpha value is -2.48. The van der Waals surface area contributed by atoms with E-state index >= 15 is 0 Å². The largest absolute Gasteiger partial charge is 0.321 e. The molecule has 1 heterocycles. The second kappa shape index (κ2) is 8.49. The van der Waals surface area contributed by atoms with Crippen LogP contribution in [0.15, 0.2) is 53.8 Å². The van der Waals surface area contributed by atoms with Crippen LogP contribution in [0.1, 0.15) is 27.2 Å². The Kier molecular flexibility index (Phi) is 6.21. The van der Waals surface area contributed by atoms with E-state index in [0.29, 0.717) is 16.3 Å². The molecular formula is C20H17Cl2N3O3S. The van der Waals surface area contributed by atoms with Crippen molar-refractivity contribution in [3.05, 3.63) is 81.1 Å². The van der Waals surface area contributed by atoms with E-state index in [9.17, 15) is 13.2 Å². The molecule has 0 aliphatic rings. The number of nitrogens with one attached hydrogen (secondary N) is 1. The third-order valence-corrected chi connectivity index (χ3v) is 6.38. The summed E-state index contributed by atoms with van der Waals surface area (Å²) in [4.78, 5) is 20.3. The van der Waals surface area contributed by atoms with E-state index in [1.165, 1.54) is 0 Å².